The third-order valence-corrected chi connectivity index (χ3v) is 4.53. The molecule has 0 aliphatic carbocycles. The van der Waals surface area contributed by atoms with Crippen LogP contribution in [0.25, 0.3) is 5.65 Å². The van der Waals surface area contributed by atoms with Gasteiger partial charge in [-0.2, -0.15) is 0 Å². The van der Waals surface area contributed by atoms with Gasteiger partial charge in [-0.25, -0.2) is 4.98 Å². The molecule has 2 aliphatic rings. The Morgan fingerprint density at radius 2 is 1.95 bits per heavy atom. The minimum atomic E-state index is -0.453. The van der Waals surface area contributed by atoms with Crippen molar-refractivity contribution >= 4 is 11.6 Å². The number of likely N-dealkylation sites (tertiary alicyclic amines) is 1. The van der Waals surface area contributed by atoms with Crippen molar-refractivity contribution in [2.45, 2.75) is 25.6 Å². The van der Waals surface area contributed by atoms with Crippen molar-refractivity contribution in [3.05, 3.63) is 35.8 Å². The first-order valence-corrected chi connectivity index (χ1v) is 7.69. The fourth-order valence-corrected chi connectivity index (χ4v) is 3.36. The maximum Gasteiger partial charge on any atom is 0.272 e. The summed E-state index contributed by atoms with van der Waals surface area (Å²) in [6.45, 7) is 4.49. The summed E-state index contributed by atoms with van der Waals surface area (Å²) in [4.78, 5) is 19.2. The van der Waals surface area contributed by atoms with E-state index in [0.29, 0.717) is 32.0 Å². The molecule has 0 bridgehead atoms. The van der Waals surface area contributed by atoms with Crippen LogP contribution in [-0.2, 0) is 9.47 Å². The topological polar surface area (TPSA) is 56.1 Å². The molecule has 2 aromatic heterocycles. The number of imidazole rings is 1. The van der Waals surface area contributed by atoms with Crippen LogP contribution in [-0.4, -0.2) is 52.3 Å². The summed E-state index contributed by atoms with van der Waals surface area (Å²) < 4.78 is 13.3. The molecule has 4 heterocycles. The number of fused-ring (bicyclic) bond motifs is 1. The molecule has 0 aromatic carbocycles. The Balaban J connectivity index is 1.58. The number of hydrogen-bond acceptors (Lipinski definition) is 4. The Kier molecular flexibility index (Phi) is 3.16. The highest BCUT2D eigenvalue weighted by Crippen LogP contribution is 2.32. The smallest absolute Gasteiger partial charge is 0.272 e. The maximum atomic E-state index is 12.9. The molecule has 2 aromatic rings. The number of amides is 1. The van der Waals surface area contributed by atoms with Crippen molar-refractivity contribution in [2.24, 2.45) is 0 Å². The molecule has 1 amide bonds. The van der Waals surface area contributed by atoms with Gasteiger partial charge in [0.05, 0.1) is 18.9 Å². The highest BCUT2D eigenvalue weighted by molar-refractivity contribution is 5.94. The van der Waals surface area contributed by atoms with Crippen molar-refractivity contribution in [2.75, 3.05) is 26.3 Å². The summed E-state index contributed by atoms with van der Waals surface area (Å²) in [6, 6.07) is 5.75. The number of pyridine rings is 1. The van der Waals surface area contributed by atoms with E-state index in [1.807, 2.05) is 40.6 Å². The predicted octanol–water partition coefficient (Wildman–Crippen LogP) is 1.62. The summed E-state index contributed by atoms with van der Waals surface area (Å²) >= 11 is 0. The van der Waals surface area contributed by atoms with E-state index < -0.39 is 5.79 Å². The molecular weight excluding hydrogens is 282 g/mol. The van der Waals surface area contributed by atoms with Crippen LogP contribution < -0.4 is 0 Å². The van der Waals surface area contributed by atoms with Gasteiger partial charge in [0.1, 0.15) is 11.3 Å². The lowest BCUT2D eigenvalue weighted by molar-refractivity contribution is -0.181. The standard InChI is InChI=1S/C16H19N3O3/c1-12-14(19-7-3-2-4-13(19)17-12)15(20)18-8-5-16(6-9-18)21-10-11-22-16/h2-4,7H,5-6,8-11H2,1H3. The first kappa shape index (κ1) is 13.7. The van der Waals surface area contributed by atoms with Gasteiger partial charge in [0.25, 0.3) is 5.91 Å². The van der Waals surface area contributed by atoms with Crippen LogP contribution in [0.15, 0.2) is 24.4 Å². The van der Waals surface area contributed by atoms with E-state index in [9.17, 15) is 4.79 Å². The lowest BCUT2D eigenvalue weighted by Crippen LogP contribution is -2.47. The van der Waals surface area contributed by atoms with E-state index in [0.717, 1.165) is 24.2 Å². The molecule has 0 saturated carbocycles. The Bertz CT molecular complexity index is 708. The van der Waals surface area contributed by atoms with Crippen molar-refractivity contribution in [1.29, 1.82) is 0 Å². The number of rotatable bonds is 1. The minimum Gasteiger partial charge on any atom is -0.347 e. The fourth-order valence-electron chi connectivity index (χ4n) is 3.36. The van der Waals surface area contributed by atoms with Gasteiger partial charge in [0, 0.05) is 32.1 Å². The third kappa shape index (κ3) is 2.10. The molecule has 4 rings (SSSR count). The predicted molar refractivity (Wildman–Crippen MR) is 79.7 cm³/mol. The van der Waals surface area contributed by atoms with E-state index >= 15 is 0 Å². The minimum absolute atomic E-state index is 0.0315. The van der Waals surface area contributed by atoms with Crippen molar-refractivity contribution < 1.29 is 14.3 Å². The normalized spacial score (nSPS) is 20.9. The van der Waals surface area contributed by atoms with E-state index in [-0.39, 0.29) is 5.91 Å². The molecule has 6 nitrogen and oxygen atoms in total. The largest absolute Gasteiger partial charge is 0.347 e. The van der Waals surface area contributed by atoms with Gasteiger partial charge in [0.2, 0.25) is 0 Å². The molecule has 0 atom stereocenters. The summed E-state index contributed by atoms with van der Waals surface area (Å²) in [5.74, 6) is -0.422. The zero-order chi connectivity index (χ0) is 15.2. The molecular formula is C16H19N3O3. The van der Waals surface area contributed by atoms with Crippen molar-refractivity contribution in [1.82, 2.24) is 14.3 Å². The summed E-state index contributed by atoms with van der Waals surface area (Å²) in [5.41, 5.74) is 2.23. The molecule has 1 spiro atoms. The highest BCUT2D eigenvalue weighted by Gasteiger charge is 2.41. The van der Waals surface area contributed by atoms with E-state index in [1.165, 1.54) is 0 Å². The van der Waals surface area contributed by atoms with Crippen LogP contribution in [0.2, 0.25) is 0 Å². The number of piperidine rings is 1. The van der Waals surface area contributed by atoms with Gasteiger partial charge in [-0.1, -0.05) is 6.07 Å². The van der Waals surface area contributed by atoms with E-state index in [1.54, 1.807) is 0 Å². The van der Waals surface area contributed by atoms with Gasteiger partial charge in [0.15, 0.2) is 5.79 Å². The average Bonchev–Trinajstić information content (AvgIpc) is 3.11. The van der Waals surface area contributed by atoms with Crippen LogP contribution in [0.1, 0.15) is 29.0 Å². The Hall–Kier alpha value is -1.92. The zero-order valence-electron chi connectivity index (χ0n) is 12.6. The Labute approximate surface area is 128 Å². The number of carbonyl (C=O) groups is 1. The number of carbonyl (C=O) groups excluding carboxylic acids is 1. The molecule has 2 aliphatic heterocycles. The lowest BCUT2D eigenvalue weighted by atomic mass is 10.0. The number of aromatic nitrogens is 2. The van der Waals surface area contributed by atoms with Crippen LogP contribution in [0.3, 0.4) is 0 Å². The van der Waals surface area contributed by atoms with Gasteiger partial charge < -0.3 is 14.4 Å². The fraction of sp³-hybridized carbons (Fsp3) is 0.500. The molecule has 116 valence electrons. The molecule has 0 N–H and O–H groups in total. The number of hydrogen-bond donors (Lipinski definition) is 0. The molecule has 6 heteroatoms. The second kappa shape index (κ2) is 5.07. The molecule has 0 unspecified atom stereocenters. The Morgan fingerprint density at radius 3 is 2.68 bits per heavy atom. The van der Waals surface area contributed by atoms with E-state index in [4.69, 9.17) is 9.47 Å². The number of aryl methyl sites for hydroxylation is 1. The second-order valence-corrected chi connectivity index (χ2v) is 5.87. The number of nitrogens with zero attached hydrogens (tertiary/aromatic N) is 3. The highest BCUT2D eigenvalue weighted by atomic mass is 16.7. The van der Waals surface area contributed by atoms with Crippen molar-refractivity contribution in [3.63, 3.8) is 0 Å². The van der Waals surface area contributed by atoms with Crippen LogP contribution in [0, 0.1) is 6.92 Å². The first-order chi connectivity index (χ1) is 10.7. The lowest BCUT2D eigenvalue weighted by Gasteiger charge is -2.37. The Morgan fingerprint density at radius 1 is 1.23 bits per heavy atom. The summed E-state index contributed by atoms with van der Waals surface area (Å²) in [6.07, 6.45) is 3.35. The zero-order valence-corrected chi connectivity index (χ0v) is 12.6. The van der Waals surface area contributed by atoms with Gasteiger partial charge >= 0.3 is 0 Å². The molecule has 0 radical (unpaired) electrons. The van der Waals surface area contributed by atoms with Crippen LogP contribution in [0.4, 0.5) is 0 Å². The van der Waals surface area contributed by atoms with Crippen molar-refractivity contribution in [3.8, 4) is 0 Å². The van der Waals surface area contributed by atoms with Crippen LogP contribution >= 0.6 is 0 Å². The van der Waals surface area contributed by atoms with Crippen LogP contribution in [0.5, 0.6) is 0 Å². The third-order valence-electron chi connectivity index (χ3n) is 4.53. The quantitative estimate of drug-likeness (QED) is 0.803. The maximum absolute atomic E-state index is 12.9. The van der Waals surface area contributed by atoms with E-state index in [2.05, 4.69) is 4.98 Å². The molecule has 2 saturated heterocycles. The van der Waals surface area contributed by atoms with Gasteiger partial charge in [-0.15, -0.1) is 0 Å². The second-order valence-electron chi connectivity index (χ2n) is 5.87. The first-order valence-electron chi connectivity index (χ1n) is 7.69. The SMILES string of the molecule is Cc1nc2ccccn2c1C(=O)N1CCC2(CC1)OCCO2. The average molecular weight is 301 g/mol. The molecule has 22 heavy (non-hydrogen) atoms. The summed E-state index contributed by atoms with van der Waals surface area (Å²) in [7, 11) is 0. The van der Waals surface area contributed by atoms with Gasteiger partial charge in [-0.3, -0.25) is 9.20 Å². The monoisotopic (exact) mass is 301 g/mol. The molecule has 2 fully saturated rings. The summed E-state index contributed by atoms with van der Waals surface area (Å²) in [5, 5.41) is 0. The van der Waals surface area contributed by atoms with Gasteiger partial charge in [-0.05, 0) is 19.1 Å². The number of ether oxygens (including phenoxy) is 2.